The smallest absolute Gasteiger partial charge is 0.235 e. The molecule has 1 unspecified atom stereocenters. The van der Waals surface area contributed by atoms with Crippen LogP contribution in [-0.2, 0) is 11.2 Å². The first kappa shape index (κ1) is 20.0. The number of amides is 1. The highest BCUT2D eigenvalue weighted by atomic mass is 79.9. The predicted octanol–water partition coefficient (Wildman–Crippen LogP) is 3.92. The second kappa shape index (κ2) is 9.04. The number of thioether (sulfide) groups is 1. The molecule has 0 aliphatic heterocycles. The van der Waals surface area contributed by atoms with Gasteiger partial charge in [0.1, 0.15) is 0 Å². The minimum absolute atomic E-state index is 0.0932. The van der Waals surface area contributed by atoms with Crippen molar-refractivity contribution in [1.29, 1.82) is 0 Å². The third-order valence-electron chi connectivity index (χ3n) is 4.08. The molecule has 4 aromatic rings. The molecule has 0 fully saturated rings. The van der Waals surface area contributed by atoms with Gasteiger partial charge in [-0.1, -0.05) is 69.4 Å². The Hall–Kier alpha value is -2.27. The summed E-state index contributed by atoms with van der Waals surface area (Å²) in [5.41, 5.74) is 8.22. The Balaban J connectivity index is 1.39. The highest BCUT2D eigenvalue weighted by Gasteiger charge is 2.18. The molecule has 2 aromatic carbocycles. The van der Waals surface area contributed by atoms with Crippen molar-refractivity contribution in [3.8, 4) is 0 Å². The summed E-state index contributed by atoms with van der Waals surface area (Å²) >= 11 is 6.13. The predicted molar refractivity (Wildman–Crippen MR) is 119 cm³/mol. The average Bonchev–Trinajstić information content (AvgIpc) is 3.29. The zero-order chi connectivity index (χ0) is 20.2. The highest BCUT2D eigenvalue weighted by molar-refractivity contribution is 9.10. The van der Waals surface area contributed by atoms with Crippen LogP contribution in [0.2, 0.25) is 0 Å². The number of nitrogens with two attached hydrogens (primary N) is 1. The van der Waals surface area contributed by atoms with E-state index in [0.717, 1.165) is 20.1 Å². The van der Waals surface area contributed by atoms with Crippen LogP contribution in [0.1, 0.15) is 17.4 Å². The second-order valence-corrected chi connectivity index (χ2v) is 9.35. The molecular weight excluding hydrogens is 472 g/mol. The van der Waals surface area contributed by atoms with Crippen LogP contribution in [0.25, 0.3) is 4.96 Å². The number of hydrogen-bond acceptors (Lipinski definition) is 7. The number of nitrogens with one attached hydrogen (secondary N) is 1. The SMILES string of the molecule is NC(Cc1ccccc1)c1nnc2sc(SCC(=O)Nc3ccc(Br)cc3)nn12. The first-order valence-electron chi connectivity index (χ1n) is 8.78. The van der Waals surface area contributed by atoms with E-state index in [1.165, 1.54) is 23.1 Å². The van der Waals surface area contributed by atoms with Crippen molar-refractivity contribution < 1.29 is 4.79 Å². The van der Waals surface area contributed by atoms with Crippen LogP contribution in [0.15, 0.2) is 63.4 Å². The molecule has 1 amide bonds. The first-order chi connectivity index (χ1) is 14.1. The lowest BCUT2D eigenvalue weighted by atomic mass is 10.1. The molecule has 3 N–H and O–H groups in total. The molecule has 7 nitrogen and oxygen atoms in total. The summed E-state index contributed by atoms with van der Waals surface area (Å²) in [6, 6.07) is 17.1. The van der Waals surface area contributed by atoms with Crippen molar-refractivity contribution in [3.63, 3.8) is 0 Å². The van der Waals surface area contributed by atoms with Crippen LogP contribution in [0.3, 0.4) is 0 Å². The van der Waals surface area contributed by atoms with E-state index in [1.54, 1.807) is 4.52 Å². The van der Waals surface area contributed by atoms with E-state index in [1.807, 2.05) is 54.6 Å². The standard InChI is InChI=1S/C19H17BrN6OS2/c20-13-6-8-14(9-7-13)22-16(27)11-28-19-25-26-17(23-24-18(26)29-19)15(21)10-12-4-2-1-3-5-12/h1-9,15H,10-11,21H2,(H,22,27). The number of hydrogen-bond donors (Lipinski definition) is 2. The summed E-state index contributed by atoms with van der Waals surface area (Å²) in [6.45, 7) is 0. The van der Waals surface area contributed by atoms with Gasteiger partial charge in [0.05, 0.1) is 11.8 Å². The molecule has 4 rings (SSSR count). The molecule has 0 aliphatic carbocycles. The van der Waals surface area contributed by atoms with Crippen LogP contribution >= 0.6 is 39.0 Å². The summed E-state index contributed by atoms with van der Waals surface area (Å²) in [4.78, 5) is 12.8. The van der Waals surface area contributed by atoms with Crippen molar-refractivity contribution in [2.45, 2.75) is 16.8 Å². The number of carbonyl (C=O) groups excluding carboxylic acids is 1. The molecule has 1 atom stereocenters. The van der Waals surface area contributed by atoms with Crippen molar-refractivity contribution >= 4 is 55.6 Å². The maximum Gasteiger partial charge on any atom is 0.235 e. The fraction of sp³-hybridized carbons (Fsp3) is 0.158. The molecule has 0 radical (unpaired) electrons. The summed E-state index contributed by atoms with van der Waals surface area (Å²) in [5, 5.41) is 15.8. The largest absolute Gasteiger partial charge is 0.325 e. The summed E-state index contributed by atoms with van der Waals surface area (Å²) in [7, 11) is 0. The molecule has 29 heavy (non-hydrogen) atoms. The van der Waals surface area contributed by atoms with Crippen molar-refractivity contribution in [2.75, 3.05) is 11.1 Å². The topological polar surface area (TPSA) is 98.2 Å². The zero-order valence-electron chi connectivity index (χ0n) is 15.2. The van der Waals surface area contributed by atoms with Gasteiger partial charge in [-0.05, 0) is 36.2 Å². The molecule has 0 saturated carbocycles. The molecule has 0 bridgehead atoms. The maximum atomic E-state index is 12.2. The molecule has 0 saturated heterocycles. The fourth-order valence-corrected chi connectivity index (χ4v) is 4.67. The van der Waals surface area contributed by atoms with Crippen molar-refractivity contribution in [1.82, 2.24) is 19.8 Å². The number of fused-ring (bicyclic) bond motifs is 1. The lowest BCUT2D eigenvalue weighted by molar-refractivity contribution is -0.113. The van der Waals surface area contributed by atoms with Gasteiger partial charge >= 0.3 is 0 Å². The van der Waals surface area contributed by atoms with E-state index in [-0.39, 0.29) is 17.7 Å². The number of aromatic nitrogens is 4. The molecule has 148 valence electrons. The number of anilines is 1. The Morgan fingerprint density at radius 1 is 1.17 bits per heavy atom. The molecule has 2 heterocycles. The van der Waals surface area contributed by atoms with Gasteiger partial charge in [0.2, 0.25) is 10.9 Å². The monoisotopic (exact) mass is 488 g/mol. The van der Waals surface area contributed by atoms with Crippen LogP contribution in [0, 0.1) is 0 Å². The Morgan fingerprint density at radius 2 is 1.93 bits per heavy atom. The van der Waals surface area contributed by atoms with E-state index in [0.29, 0.717) is 17.2 Å². The molecule has 2 aromatic heterocycles. The van der Waals surface area contributed by atoms with Crippen LogP contribution in [0.4, 0.5) is 5.69 Å². The Morgan fingerprint density at radius 3 is 2.69 bits per heavy atom. The summed E-state index contributed by atoms with van der Waals surface area (Å²) < 4.78 is 3.38. The molecular formula is C19H17BrN6OS2. The van der Waals surface area contributed by atoms with Gasteiger partial charge in [-0.25, -0.2) is 0 Å². The van der Waals surface area contributed by atoms with Gasteiger partial charge in [0.25, 0.3) is 0 Å². The number of nitrogens with zero attached hydrogens (tertiary/aromatic N) is 4. The highest BCUT2D eigenvalue weighted by Crippen LogP contribution is 2.26. The number of rotatable bonds is 7. The van der Waals surface area contributed by atoms with E-state index in [2.05, 4.69) is 36.5 Å². The molecule has 0 aliphatic rings. The van der Waals surface area contributed by atoms with Gasteiger partial charge in [-0.2, -0.15) is 4.52 Å². The van der Waals surface area contributed by atoms with Crippen LogP contribution in [-0.4, -0.2) is 31.5 Å². The Bertz CT molecular complexity index is 1110. The van der Waals surface area contributed by atoms with Crippen molar-refractivity contribution in [2.24, 2.45) is 5.73 Å². The maximum absolute atomic E-state index is 12.2. The van der Waals surface area contributed by atoms with Gasteiger partial charge < -0.3 is 11.1 Å². The van der Waals surface area contributed by atoms with Crippen LogP contribution < -0.4 is 11.1 Å². The minimum Gasteiger partial charge on any atom is -0.325 e. The quantitative estimate of drug-likeness (QED) is 0.382. The third-order valence-corrected chi connectivity index (χ3v) is 6.64. The lowest BCUT2D eigenvalue weighted by Gasteiger charge is -2.08. The first-order valence-corrected chi connectivity index (χ1v) is 11.4. The van der Waals surface area contributed by atoms with E-state index in [9.17, 15) is 4.79 Å². The third kappa shape index (κ3) is 5.02. The lowest BCUT2D eigenvalue weighted by Crippen LogP contribution is -2.17. The van der Waals surface area contributed by atoms with Gasteiger partial charge in [0, 0.05) is 10.2 Å². The molecule has 0 spiro atoms. The second-order valence-electron chi connectivity index (χ2n) is 6.26. The Kier molecular flexibility index (Phi) is 6.24. The fourth-order valence-electron chi connectivity index (χ4n) is 2.72. The van der Waals surface area contributed by atoms with Crippen molar-refractivity contribution in [3.05, 3.63) is 70.5 Å². The average molecular weight is 489 g/mol. The summed E-state index contributed by atoms with van der Waals surface area (Å²) in [5.74, 6) is 0.779. The van der Waals surface area contributed by atoms with Gasteiger partial charge in [-0.15, -0.1) is 15.3 Å². The number of carbonyl (C=O) groups is 1. The van der Waals surface area contributed by atoms with E-state index in [4.69, 9.17) is 5.73 Å². The van der Waals surface area contributed by atoms with E-state index >= 15 is 0 Å². The number of benzene rings is 2. The van der Waals surface area contributed by atoms with E-state index < -0.39 is 0 Å². The van der Waals surface area contributed by atoms with Gasteiger partial charge in [0.15, 0.2) is 10.2 Å². The zero-order valence-corrected chi connectivity index (χ0v) is 18.4. The number of halogens is 1. The van der Waals surface area contributed by atoms with Crippen LogP contribution in [0.5, 0.6) is 0 Å². The molecule has 10 heteroatoms. The Labute approximate surface area is 183 Å². The van der Waals surface area contributed by atoms with Gasteiger partial charge in [-0.3, -0.25) is 4.79 Å². The minimum atomic E-state index is -0.312. The summed E-state index contributed by atoms with van der Waals surface area (Å²) in [6.07, 6.45) is 0.650. The normalized spacial score (nSPS) is 12.2.